The van der Waals surface area contributed by atoms with Crippen LogP contribution in [0.3, 0.4) is 0 Å². The fourth-order valence-electron chi connectivity index (χ4n) is 10.1. The lowest BCUT2D eigenvalue weighted by Gasteiger charge is -2.39. The number of anilines is 3. The number of ether oxygens (including phenoxy) is 3. The molecule has 0 radical (unpaired) electrons. The summed E-state index contributed by atoms with van der Waals surface area (Å²) in [5, 5.41) is 9.32. The molecule has 15 nitrogen and oxygen atoms in total. The number of carbonyl (C=O) groups excluding carboxylic acids is 4. The van der Waals surface area contributed by atoms with Crippen molar-refractivity contribution >= 4 is 51.6 Å². The summed E-state index contributed by atoms with van der Waals surface area (Å²) in [5.41, 5.74) is 3.13. The molecule has 5 heterocycles. The maximum Gasteiger partial charge on any atom is 0.255 e. The molecule has 0 unspecified atom stereocenters. The Morgan fingerprint density at radius 1 is 0.824 bits per heavy atom. The summed E-state index contributed by atoms with van der Waals surface area (Å²) in [6, 6.07) is 23.6. The summed E-state index contributed by atoms with van der Waals surface area (Å²) < 4.78 is 31.9. The van der Waals surface area contributed by atoms with Gasteiger partial charge in [0.2, 0.25) is 17.7 Å². The van der Waals surface area contributed by atoms with Gasteiger partial charge in [0.1, 0.15) is 46.9 Å². The largest absolute Gasteiger partial charge is 0.495 e. The maximum absolute atomic E-state index is 13.3. The van der Waals surface area contributed by atoms with Crippen LogP contribution in [-0.4, -0.2) is 122 Å². The van der Waals surface area contributed by atoms with Crippen molar-refractivity contribution in [2.24, 2.45) is 11.3 Å². The molecule has 5 aliphatic rings. The predicted octanol–water partition coefficient (Wildman–Crippen LogP) is 6.68. The molecule has 0 spiro atoms. The minimum absolute atomic E-state index is 0.0686. The monoisotopic (exact) mass is 924 g/mol. The van der Waals surface area contributed by atoms with Crippen LogP contribution in [-0.2, 0) is 20.9 Å². The molecule has 0 bridgehead atoms. The van der Waals surface area contributed by atoms with Crippen molar-refractivity contribution in [2.75, 3.05) is 88.2 Å². The Hall–Kier alpha value is -6.78. The fourth-order valence-corrected chi connectivity index (χ4v) is 10.1. The lowest BCUT2D eigenvalue weighted by atomic mass is 9.95. The van der Waals surface area contributed by atoms with Gasteiger partial charge in [-0.2, -0.15) is 0 Å². The molecule has 10 rings (SSSR count). The summed E-state index contributed by atoms with van der Waals surface area (Å²) >= 11 is 0. The lowest BCUT2D eigenvalue weighted by molar-refractivity contribution is -0.131. The molecule has 4 amide bonds. The van der Waals surface area contributed by atoms with E-state index in [1.54, 1.807) is 42.5 Å². The second-order valence-corrected chi connectivity index (χ2v) is 18.6. The van der Waals surface area contributed by atoms with Gasteiger partial charge in [-0.25, -0.2) is 4.39 Å². The van der Waals surface area contributed by atoms with Gasteiger partial charge >= 0.3 is 0 Å². The first-order valence-electron chi connectivity index (χ1n) is 23.8. The van der Waals surface area contributed by atoms with Crippen LogP contribution < -0.4 is 35.1 Å². The highest BCUT2D eigenvalue weighted by atomic mass is 19.1. The van der Waals surface area contributed by atoms with Crippen LogP contribution in [0.15, 0.2) is 91.1 Å². The molecule has 16 heteroatoms. The molecule has 1 aromatic heterocycles. The molecule has 68 heavy (non-hydrogen) atoms. The smallest absolute Gasteiger partial charge is 0.255 e. The minimum Gasteiger partial charge on any atom is -0.495 e. The summed E-state index contributed by atoms with van der Waals surface area (Å²) in [4.78, 5) is 65.8. The van der Waals surface area contributed by atoms with E-state index in [-0.39, 0.29) is 17.7 Å². The topological polar surface area (TPSA) is 158 Å². The third-order valence-electron chi connectivity index (χ3n) is 14.3. The van der Waals surface area contributed by atoms with Crippen molar-refractivity contribution in [3.63, 3.8) is 0 Å². The number of fused-ring (bicyclic) bond motifs is 2. The van der Waals surface area contributed by atoms with E-state index in [0.717, 1.165) is 105 Å². The molecule has 4 aliphatic heterocycles. The van der Waals surface area contributed by atoms with Crippen LogP contribution in [0.2, 0.25) is 0 Å². The number of benzene rings is 4. The zero-order valence-electron chi connectivity index (χ0n) is 38.3. The predicted molar refractivity (Wildman–Crippen MR) is 256 cm³/mol. The summed E-state index contributed by atoms with van der Waals surface area (Å²) in [5.74, 6) is 1.92. The number of carbonyl (C=O) groups is 4. The summed E-state index contributed by atoms with van der Waals surface area (Å²) in [6.07, 6.45) is 6.32. The Morgan fingerprint density at radius 3 is 2.22 bits per heavy atom. The SMILES string of the molecule is COc1cc2c(Oc3ccc(NC(=O)C4(C(=O)Nc5ccc(F)cc5)CC4)cc3)ccnc2cc1N1CCC(CN2CCN(CCOc3cccc4c3CN([C@H]3CCCNC3=O)C4=O)CC2)CC1. The number of pyridine rings is 1. The number of piperazine rings is 1. The van der Waals surface area contributed by atoms with Crippen LogP contribution in [0.1, 0.15) is 54.4 Å². The Kier molecular flexibility index (Phi) is 12.9. The molecule has 4 fully saturated rings. The van der Waals surface area contributed by atoms with Gasteiger partial charge < -0.3 is 44.9 Å². The number of nitrogens with zero attached hydrogens (tertiary/aromatic N) is 5. The first-order chi connectivity index (χ1) is 33.1. The van der Waals surface area contributed by atoms with Crippen molar-refractivity contribution in [1.82, 2.24) is 25.0 Å². The Bertz CT molecular complexity index is 2680. The third kappa shape index (κ3) is 9.52. The van der Waals surface area contributed by atoms with Gasteiger partial charge in [-0.05, 0) is 123 Å². The fraction of sp³-hybridized carbons (Fsp3) is 0.404. The van der Waals surface area contributed by atoms with E-state index >= 15 is 0 Å². The minimum atomic E-state index is -1.16. The van der Waals surface area contributed by atoms with Gasteiger partial charge in [-0.3, -0.25) is 29.1 Å². The number of halogens is 1. The average Bonchev–Trinajstić information content (AvgIpc) is 4.12. The number of methoxy groups -OCH3 is 1. The van der Waals surface area contributed by atoms with E-state index in [4.69, 9.17) is 19.2 Å². The van der Waals surface area contributed by atoms with Crippen LogP contribution in [0, 0.1) is 17.2 Å². The van der Waals surface area contributed by atoms with Crippen molar-refractivity contribution in [3.05, 3.63) is 108 Å². The molecular weight excluding hydrogens is 868 g/mol. The van der Waals surface area contributed by atoms with Gasteiger partial charge in [0, 0.05) is 93.0 Å². The number of hydrogen-bond donors (Lipinski definition) is 3. The number of hydrogen-bond acceptors (Lipinski definition) is 11. The molecule has 4 aromatic carbocycles. The third-order valence-corrected chi connectivity index (χ3v) is 14.3. The Morgan fingerprint density at radius 2 is 1.53 bits per heavy atom. The molecule has 3 N–H and O–H groups in total. The Balaban J connectivity index is 0.679. The molecule has 3 saturated heterocycles. The zero-order chi connectivity index (χ0) is 46.8. The maximum atomic E-state index is 13.3. The van der Waals surface area contributed by atoms with Gasteiger partial charge in [0.15, 0.2) is 0 Å². The van der Waals surface area contributed by atoms with E-state index in [1.165, 1.54) is 24.3 Å². The highest BCUT2D eigenvalue weighted by Gasteiger charge is 2.56. The molecule has 1 saturated carbocycles. The zero-order valence-corrected chi connectivity index (χ0v) is 38.3. The number of piperidine rings is 2. The van der Waals surface area contributed by atoms with Gasteiger partial charge in [-0.1, -0.05) is 6.07 Å². The van der Waals surface area contributed by atoms with E-state index in [2.05, 4.69) is 36.7 Å². The molecule has 1 aliphatic carbocycles. The highest BCUT2D eigenvalue weighted by molar-refractivity contribution is 6.17. The lowest BCUT2D eigenvalue weighted by Crippen LogP contribution is -2.50. The highest BCUT2D eigenvalue weighted by Crippen LogP contribution is 2.48. The standard InChI is InChI=1S/C52H57FN8O7/c1-66-47-30-40-42(54-21-15-46(40)68-38-13-11-37(12-14-38)57-51(65)52(18-19-52)50(64)56-36-9-7-35(53)8-10-36)31-44(47)60-22-16-34(17-23-60)32-59-26-24-58(25-27-59)28-29-67-45-6-2-4-39-41(45)33-61(49(39)63)43-5-3-20-55-48(43)62/h2,4,6-15,21,30-31,34,43H,3,5,16-20,22-29,32-33H2,1H3,(H,55,62)(H,56,64)(H,57,65)/t43-/m0/s1. The first kappa shape index (κ1) is 45.0. The van der Waals surface area contributed by atoms with Gasteiger partial charge in [0.25, 0.3) is 5.91 Å². The van der Waals surface area contributed by atoms with Crippen molar-refractivity contribution in [1.29, 1.82) is 0 Å². The van der Waals surface area contributed by atoms with E-state index in [9.17, 15) is 23.6 Å². The molecule has 5 aromatic rings. The first-order valence-corrected chi connectivity index (χ1v) is 23.8. The number of aromatic nitrogens is 1. The molecule has 1 atom stereocenters. The average molecular weight is 925 g/mol. The second kappa shape index (κ2) is 19.4. The van der Waals surface area contributed by atoms with Gasteiger partial charge in [-0.15, -0.1) is 0 Å². The van der Waals surface area contributed by atoms with Crippen LogP contribution in [0.4, 0.5) is 21.5 Å². The van der Waals surface area contributed by atoms with Crippen LogP contribution in [0.5, 0.6) is 23.0 Å². The van der Waals surface area contributed by atoms with Crippen molar-refractivity contribution in [3.8, 4) is 23.0 Å². The van der Waals surface area contributed by atoms with E-state index < -0.39 is 23.2 Å². The van der Waals surface area contributed by atoms with Crippen molar-refractivity contribution < 1.29 is 37.8 Å². The number of rotatable bonds is 15. The quantitative estimate of drug-likeness (QED) is 0.0963. The van der Waals surface area contributed by atoms with E-state index in [1.807, 2.05) is 30.3 Å². The van der Waals surface area contributed by atoms with Crippen molar-refractivity contribution in [2.45, 2.75) is 51.1 Å². The molecule has 354 valence electrons. The summed E-state index contributed by atoms with van der Waals surface area (Å²) in [7, 11) is 1.69. The van der Waals surface area contributed by atoms with Crippen LogP contribution >= 0.6 is 0 Å². The normalized spacial score (nSPS) is 19.6. The summed E-state index contributed by atoms with van der Waals surface area (Å²) in [6.45, 7) is 9.36. The number of amides is 4. The second-order valence-electron chi connectivity index (χ2n) is 18.6. The Labute approximate surface area is 394 Å². The molecular formula is C52H57FN8O7. The van der Waals surface area contributed by atoms with E-state index in [0.29, 0.717) is 73.3 Å². The van der Waals surface area contributed by atoms with Gasteiger partial charge in [0.05, 0.1) is 24.9 Å². The number of nitrogens with one attached hydrogen (secondary N) is 3. The van der Waals surface area contributed by atoms with Crippen LogP contribution in [0.25, 0.3) is 10.9 Å².